The van der Waals surface area contributed by atoms with Crippen LogP contribution < -0.4 is 5.32 Å². The molecule has 0 atom stereocenters. The van der Waals surface area contributed by atoms with E-state index in [1.54, 1.807) is 19.1 Å². The molecular formula is C18H14N4OS. The van der Waals surface area contributed by atoms with E-state index in [2.05, 4.69) is 20.3 Å². The van der Waals surface area contributed by atoms with Gasteiger partial charge in [0.25, 0.3) is 0 Å². The SMILES string of the molecule is CC(=O)c1ccc(Nc2nc(-c3nc4ccccc4[nH]3)cs2)cc1. The number of para-hydroxylation sites is 2. The first-order chi connectivity index (χ1) is 11.7. The van der Waals surface area contributed by atoms with E-state index in [-0.39, 0.29) is 5.78 Å². The fourth-order valence-corrected chi connectivity index (χ4v) is 3.14. The summed E-state index contributed by atoms with van der Waals surface area (Å²) in [6.45, 7) is 1.56. The van der Waals surface area contributed by atoms with Crippen LogP contribution in [0, 0.1) is 0 Å². The van der Waals surface area contributed by atoms with E-state index in [1.807, 2.05) is 41.8 Å². The van der Waals surface area contributed by atoms with Gasteiger partial charge in [-0.25, -0.2) is 9.97 Å². The van der Waals surface area contributed by atoms with Crippen molar-refractivity contribution in [2.24, 2.45) is 0 Å². The number of H-pyrrole nitrogens is 1. The second-order valence-corrected chi connectivity index (χ2v) is 6.26. The molecule has 24 heavy (non-hydrogen) atoms. The molecule has 0 bridgehead atoms. The molecule has 0 aliphatic heterocycles. The number of carbonyl (C=O) groups excluding carboxylic acids is 1. The van der Waals surface area contributed by atoms with Gasteiger partial charge in [0.05, 0.1) is 11.0 Å². The van der Waals surface area contributed by atoms with Crippen LogP contribution in [0.2, 0.25) is 0 Å². The van der Waals surface area contributed by atoms with E-state index < -0.39 is 0 Å². The van der Waals surface area contributed by atoms with Gasteiger partial charge in [0.15, 0.2) is 16.7 Å². The highest BCUT2D eigenvalue weighted by atomic mass is 32.1. The predicted molar refractivity (Wildman–Crippen MR) is 96.9 cm³/mol. The molecule has 0 fully saturated rings. The van der Waals surface area contributed by atoms with E-state index in [9.17, 15) is 4.79 Å². The number of rotatable bonds is 4. The van der Waals surface area contributed by atoms with Crippen molar-refractivity contribution in [3.05, 3.63) is 59.5 Å². The summed E-state index contributed by atoms with van der Waals surface area (Å²) >= 11 is 1.51. The maximum absolute atomic E-state index is 11.3. The second-order valence-electron chi connectivity index (χ2n) is 5.40. The van der Waals surface area contributed by atoms with Gasteiger partial charge >= 0.3 is 0 Å². The summed E-state index contributed by atoms with van der Waals surface area (Å²) in [5, 5.41) is 5.99. The Morgan fingerprint density at radius 2 is 1.88 bits per heavy atom. The zero-order valence-corrected chi connectivity index (χ0v) is 13.7. The molecule has 5 nitrogen and oxygen atoms in total. The van der Waals surface area contributed by atoms with Crippen molar-refractivity contribution in [1.82, 2.24) is 15.0 Å². The third kappa shape index (κ3) is 2.79. The lowest BCUT2D eigenvalue weighted by Crippen LogP contribution is -1.93. The van der Waals surface area contributed by atoms with Crippen molar-refractivity contribution in [2.75, 3.05) is 5.32 Å². The zero-order valence-electron chi connectivity index (χ0n) is 12.9. The van der Waals surface area contributed by atoms with Crippen LogP contribution in [0.1, 0.15) is 17.3 Å². The van der Waals surface area contributed by atoms with Gasteiger partial charge in [-0.3, -0.25) is 4.79 Å². The quantitative estimate of drug-likeness (QED) is 0.534. The maximum Gasteiger partial charge on any atom is 0.187 e. The molecule has 0 radical (unpaired) electrons. The summed E-state index contributed by atoms with van der Waals surface area (Å²) in [7, 11) is 0. The molecule has 0 aliphatic carbocycles. The summed E-state index contributed by atoms with van der Waals surface area (Å²) in [6, 6.07) is 15.3. The first-order valence-corrected chi connectivity index (χ1v) is 8.36. The largest absolute Gasteiger partial charge is 0.337 e. The summed E-state index contributed by atoms with van der Waals surface area (Å²) in [6.07, 6.45) is 0. The molecular weight excluding hydrogens is 320 g/mol. The standard InChI is InChI=1S/C18H14N4OS/c1-11(23)12-6-8-13(9-7-12)19-18-22-16(10-24-18)17-20-14-4-2-3-5-15(14)21-17/h2-10H,1H3,(H,19,22)(H,20,21). The number of nitrogens with one attached hydrogen (secondary N) is 2. The molecule has 0 saturated heterocycles. The van der Waals surface area contributed by atoms with Crippen LogP contribution in [-0.4, -0.2) is 20.7 Å². The highest BCUT2D eigenvalue weighted by Crippen LogP contribution is 2.27. The number of benzene rings is 2. The Hall–Kier alpha value is -2.99. The molecule has 4 aromatic rings. The average Bonchev–Trinajstić information content (AvgIpc) is 3.21. The smallest absolute Gasteiger partial charge is 0.187 e. The van der Waals surface area contributed by atoms with Crippen LogP contribution in [0.4, 0.5) is 10.8 Å². The molecule has 0 spiro atoms. The number of hydrogen-bond donors (Lipinski definition) is 2. The van der Waals surface area contributed by atoms with Gasteiger partial charge in [-0.1, -0.05) is 12.1 Å². The third-order valence-corrected chi connectivity index (χ3v) is 4.44. The van der Waals surface area contributed by atoms with Crippen LogP contribution in [0.3, 0.4) is 0 Å². The minimum Gasteiger partial charge on any atom is -0.337 e. The number of carbonyl (C=O) groups is 1. The average molecular weight is 334 g/mol. The number of aromatic nitrogens is 3. The van der Waals surface area contributed by atoms with Crippen molar-refractivity contribution < 1.29 is 4.79 Å². The molecule has 0 saturated carbocycles. The van der Waals surface area contributed by atoms with Gasteiger partial charge in [-0.15, -0.1) is 11.3 Å². The molecule has 118 valence electrons. The summed E-state index contributed by atoms with van der Waals surface area (Å²) in [5.41, 5.74) is 4.32. The molecule has 2 aromatic carbocycles. The first-order valence-electron chi connectivity index (χ1n) is 7.48. The minimum absolute atomic E-state index is 0.0583. The zero-order chi connectivity index (χ0) is 16.5. The Morgan fingerprint density at radius 3 is 2.62 bits per heavy atom. The molecule has 6 heteroatoms. The van der Waals surface area contributed by atoms with Crippen LogP contribution >= 0.6 is 11.3 Å². The van der Waals surface area contributed by atoms with Crippen LogP contribution in [0.25, 0.3) is 22.6 Å². The molecule has 2 N–H and O–H groups in total. The lowest BCUT2D eigenvalue weighted by molar-refractivity contribution is 0.101. The summed E-state index contributed by atoms with van der Waals surface area (Å²) < 4.78 is 0. The highest BCUT2D eigenvalue weighted by Gasteiger charge is 2.09. The van der Waals surface area contributed by atoms with Crippen LogP contribution in [-0.2, 0) is 0 Å². The van der Waals surface area contributed by atoms with Gasteiger partial charge in [-0.2, -0.15) is 0 Å². The van der Waals surface area contributed by atoms with Crippen molar-refractivity contribution in [1.29, 1.82) is 0 Å². The number of nitrogens with zero attached hydrogens (tertiary/aromatic N) is 2. The third-order valence-electron chi connectivity index (χ3n) is 3.68. The lowest BCUT2D eigenvalue weighted by Gasteiger charge is -2.02. The molecule has 2 heterocycles. The number of anilines is 2. The van der Waals surface area contributed by atoms with Crippen molar-refractivity contribution in [3.63, 3.8) is 0 Å². The number of imidazole rings is 1. The van der Waals surface area contributed by atoms with Crippen molar-refractivity contribution >= 4 is 39.0 Å². The van der Waals surface area contributed by atoms with Crippen LogP contribution in [0.15, 0.2) is 53.9 Å². The Bertz CT molecular complexity index is 984. The first kappa shape index (κ1) is 14.6. The Morgan fingerprint density at radius 1 is 1.08 bits per heavy atom. The van der Waals surface area contributed by atoms with Gasteiger partial charge < -0.3 is 10.3 Å². The Balaban J connectivity index is 1.57. The number of thiazole rings is 1. The summed E-state index contributed by atoms with van der Waals surface area (Å²) in [4.78, 5) is 23.7. The van der Waals surface area contributed by atoms with Crippen molar-refractivity contribution in [3.8, 4) is 11.5 Å². The summed E-state index contributed by atoms with van der Waals surface area (Å²) in [5.74, 6) is 0.815. The second kappa shape index (κ2) is 5.90. The van der Waals surface area contributed by atoms with Gasteiger partial charge in [0.1, 0.15) is 5.69 Å². The Kier molecular flexibility index (Phi) is 3.59. The lowest BCUT2D eigenvalue weighted by atomic mass is 10.1. The maximum atomic E-state index is 11.3. The number of hydrogen-bond acceptors (Lipinski definition) is 5. The van der Waals surface area contributed by atoms with Crippen LogP contribution in [0.5, 0.6) is 0 Å². The molecule has 0 aliphatic rings. The van der Waals surface area contributed by atoms with E-state index in [0.29, 0.717) is 5.56 Å². The molecule has 0 amide bonds. The van der Waals surface area contributed by atoms with Gasteiger partial charge in [0, 0.05) is 16.6 Å². The minimum atomic E-state index is 0.0583. The predicted octanol–water partition coefficient (Wildman–Crippen LogP) is 4.63. The number of ketones is 1. The van der Waals surface area contributed by atoms with E-state index in [0.717, 1.165) is 33.4 Å². The normalized spacial score (nSPS) is 10.9. The van der Waals surface area contributed by atoms with E-state index >= 15 is 0 Å². The number of aromatic amines is 1. The fourth-order valence-electron chi connectivity index (χ4n) is 2.43. The molecule has 2 aromatic heterocycles. The number of Topliss-reactive ketones (excluding diaryl/α,β-unsaturated/α-hetero) is 1. The molecule has 4 rings (SSSR count). The number of fused-ring (bicyclic) bond motifs is 1. The van der Waals surface area contributed by atoms with Crippen molar-refractivity contribution in [2.45, 2.75) is 6.92 Å². The van der Waals surface area contributed by atoms with E-state index in [4.69, 9.17) is 0 Å². The van der Waals surface area contributed by atoms with Gasteiger partial charge in [0.2, 0.25) is 0 Å². The van der Waals surface area contributed by atoms with E-state index in [1.165, 1.54) is 11.3 Å². The topological polar surface area (TPSA) is 70.7 Å². The molecule has 0 unspecified atom stereocenters. The Labute approximate surface area is 142 Å². The monoisotopic (exact) mass is 334 g/mol. The fraction of sp³-hybridized carbons (Fsp3) is 0.0556. The van der Waals surface area contributed by atoms with Gasteiger partial charge in [-0.05, 0) is 43.3 Å². The highest BCUT2D eigenvalue weighted by molar-refractivity contribution is 7.14.